The molecule has 0 unspecified atom stereocenters. The standard InChI is InChI=1S/C20H16N2O4S2/c1-11(26-20(24)12-6-3-4-7-14(12)25-2)17-21-18(23)16-13(10-28-19(16)22-17)15-8-5-9-27-15/h3-11H,1-2H3,(H,21,22,23)/t11-/m1/s1. The van der Waals surface area contributed by atoms with E-state index in [1.165, 1.54) is 18.4 Å². The number of esters is 1. The molecule has 0 spiro atoms. The van der Waals surface area contributed by atoms with Crippen LogP contribution < -0.4 is 10.3 Å². The lowest BCUT2D eigenvalue weighted by Gasteiger charge is -2.14. The van der Waals surface area contributed by atoms with Crippen molar-refractivity contribution in [3.8, 4) is 16.2 Å². The monoisotopic (exact) mass is 412 g/mol. The van der Waals surface area contributed by atoms with Crippen molar-refractivity contribution in [3.63, 3.8) is 0 Å². The van der Waals surface area contributed by atoms with E-state index < -0.39 is 12.1 Å². The fourth-order valence-electron chi connectivity index (χ4n) is 2.86. The summed E-state index contributed by atoms with van der Waals surface area (Å²) in [6, 6.07) is 10.7. The van der Waals surface area contributed by atoms with Gasteiger partial charge < -0.3 is 14.5 Å². The lowest BCUT2D eigenvalue weighted by atomic mass is 10.2. The zero-order chi connectivity index (χ0) is 19.7. The molecule has 1 N–H and O–H groups in total. The van der Waals surface area contributed by atoms with E-state index in [4.69, 9.17) is 9.47 Å². The van der Waals surface area contributed by atoms with Crippen molar-refractivity contribution in [1.82, 2.24) is 9.97 Å². The van der Waals surface area contributed by atoms with Crippen LogP contribution in [-0.2, 0) is 4.74 Å². The number of para-hydroxylation sites is 1. The van der Waals surface area contributed by atoms with Crippen molar-refractivity contribution in [1.29, 1.82) is 0 Å². The predicted octanol–water partition coefficient (Wildman–Crippen LogP) is 4.64. The molecule has 0 aliphatic rings. The third-order valence-electron chi connectivity index (χ3n) is 4.24. The number of fused-ring (bicyclic) bond motifs is 1. The number of hydrogen-bond donors (Lipinski definition) is 1. The van der Waals surface area contributed by atoms with Crippen LogP contribution in [0.2, 0.25) is 0 Å². The topological polar surface area (TPSA) is 81.3 Å². The molecule has 0 saturated carbocycles. The first kappa shape index (κ1) is 18.4. The van der Waals surface area contributed by atoms with Crippen LogP contribution in [0.3, 0.4) is 0 Å². The molecule has 0 amide bonds. The Hall–Kier alpha value is -2.97. The highest BCUT2D eigenvalue weighted by Gasteiger charge is 2.21. The second-order valence-electron chi connectivity index (χ2n) is 6.01. The summed E-state index contributed by atoms with van der Waals surface area (Å²) in [5, 5.41) is 4.45. The highest BCUT2D eigenvalue weighted by Crippen LogP contribution is 2.34. The first-order valence-electron chi connectivity index (χ1n) is 8.47. The number of benzene rings is 1. The van der Waals surface area contributed by atoms with Gasteiger partial charge in [0.2, 0.25) is 0 Å². The normalized spacial score (nSPS) is 12.1. The van der Waals surface area contributed by atoms with Gasteiger partial charge in [0, 0.05) is 15.8 Å². The second kappa shape index (κ2) is 7.57. The van der Waals surface area contributed by atoms with Crippen LogP contribution in [0, 0.1) is 0 Å². The molecule has 142 valence electrons. The molecule has 0 aliphatic carbocycles. The van der Waals surface area contributed by atoms with Gasteiger partial charge in [0.1, 0.15) is 16.1 Å². The summed E-state index contributed by atoms with van der Waals surface area (Å²) in [4.78, 5) is 34.1. The molecule has 0 fully saturated rings. The molecule has 3 heterocycles. The third-order valence-corrected chi connectivity index (χ3v) is 6.02. The number of aromatic nitrogens is 2. The van der Waals surface area contributed by atoms with Crippen LogP contribution in [-0.4, -0.2) is 23.0 Å². The Bertz CT molecular complexity index is 1190. The number of aromatic amines is 1. The van der Waals surface area contributed by atoms with Gasteiger partial charge in [-0.05, 0) is 30.5 Å². The molecule has 0 aliphatic heterocycles. The van der Waals surface area contributed by atoms with Gasteiger partial charge in [-0.2, -0.15) is 0 Å². The number of carbonyl (C=O) groups excluding carboxylic acids is 1. The van der Waals surface area contributed by atoms with Crippen molar-refractivity contribution < 1.29 is 14.3 Å². The Labute approximate surface area is 168 Å². The van der Waals surface area contributed by atoms with Gasteiger partial charge in [0.05, 0.1) is 12.5 Å². The van der Waals surface area contributed by atoms with Crippen molar-refractivity contribution in [2.75, 3.05) is 7.11 Å². The first-order valence-corrected chi connectivity index (χ1v) is 10.2. The Morgan fingerprint density at radius 1 is 1.18 bits per heavy atom. The molecular formula is C20H16N2O4S2. The summed E-state index contributed by atoms with van der Waals surface area (Å²) in [5.74, 6) is 0.189. The minimum absolute atomic E-state index is 0.246. The maximum Gasteiger partial charge on any atom is 0.342 e. The molecule has 0 bridgehead atoms. The van der Waals surface area contributed by atoms with Gasteiger partial charge in [-0.3, -0.25) is 4.79 Å². The van der Waals surface area contributed by atoms with Crippen LogP contribution >= 0.6 is 22.7 Å². The van der Waals surface area contributed by atoms with Crippen LogP contribution in [0.25, 0.3) is 20.7 Å². The Morgan fingerprint density at radius 3 is 2.75 bits per heavy atom. The SMILES string of the molecule is COc1ccccc1C(=O)O[C@H](C)c1nc2scc(-c3cccs3)c2c(=O)[nH]1. The fourth-order valence-corrected chi connectivity index (χ4v) is 4.63. The number of nitrogens with zero attached hydrogens (tertiary/aromatic N) is 1. The number of methoxy groups -OCH3 is 1. The summed E-state index contributed by atoms with van der Waals surface area (Å²) in [6.07, 6.45) is -0.721. The minimum Gasteiger partial charge on any atom is -0.496 e. The average Bonchev–Trinajstić information content (AvgIpc) is 3.37. The second-order valence-corrected chi connectivity index (χ2v) is 7.81. The zero-order valence-corrected chi connectivity index (χ0v) is 16.7. The van der Waals surface area contributed by atoms with E-state index in [1.807, 2.05) is 22.9 Å². The van der Waals surface area contributed by atoms with Gasteiger partial charge in [0.15, 0.2) is 11.9 Å². The first-order chi connectivity index (χ1) is 13.6. The summed E-state index contributed by atoms with van der Waals surface area (Å²) in [6.45, 7) is 1.67. The number of rotatable bonds is 5. The van der Waals surface area contributed by atoms with Gasteiger partial charge in [-0.15, -0.1) is 22.7 Å². The molecule has 3 aromatic heterocycles. The van der Waals surface area contributed by atoms with Gasteiger partial charge >= 0.3 is 5.97 Å². The van der Waals surface area contributed by atoms with Crippen molar-refractivity contribution in [3.05, 3.63) is 68.9 Å². The lowest BCUT2D eigenvalue weighted by Crippen LogP contribution is -2.17. The number of thiophene rings is 2. The Balaban J connectivity index is 1.64. The van der Waals surface area contributed by atoms with Gasteiger partial charge in [-0.1, -0.05) is 18.2 Å². The molecule has 0 saturated heterocycles. The van der Waals surface area contributed by atoms with Crippen molar-refractivity contribution in [2.45, 2.75) is 13.0 Å². The largest absolute Gasteiger partial charge is 0.496 e. The van der Waals surface area contributed by atoms with E-state index in [0.29, 0.717) is 27.4 Å². The zero-order valence-electron chi connectivity index (χ0n) is 15.1. The predicted molar refractivity (Wildman–Crippen MR) is 110 cm³/mol. The van der Waals surface area contributed by atoms with E-state index in [9.17, 15) is 9.59 Å². The summed E-state index contributed by atoms with van der Waals surface area (Å²) in [5.41, 5.74) is 0.940. The number of carbonyl (C=O) groups is 1. The molecule has 1 aromatic carbocycles. The lowest BCUT2D eigenvalue weighted by molar-refractivity contribution is 0.0316. The van der Waals surface area contributed by atoms with Gasteiger partial charge in [-0.25, -0.2) is 9.78 Å². The maximum absolute atomic E-state index is 12.7. The minimum atomic E-state index is -0.721. The number of nitrogens with one attached hydrogen (secondary N) is 1. The number of ether oxygens (including phenoxy) is 2. The molecule has 1 atom stereocenters. The highest BCUT2D eigenvalue weighted by atomic mass is 32.1. The fraction of sp³-hybridized carbons (Fsp3) is 0.150. The Morgan fingerprint density at radius 2 is 2.00 bits per heavy atom. The smallest absolute Gasteiger partial charge is 0.342 e. The summed E-state index contributed by atoms with van der Waals surface area (Å²) >= 11 is 2.96. The maximum atomic E-state index is 12.7. The summed E-state index contributed by atoms with van der Waals surface area (Å²) < 4.78 is 10.7. The molecule has 6 nitrogen and oxygen atoms in total. The molecule has 4 aromatic rings. The molecule has 0 radical (unpaired) electrons. The van der Waals surface area contributed by atoms with Crippen LogP contribution in [0.1, 0.15) is 29.2 Å². The van der Waals surface area contributed by atoms with E-state index in [-0.39, 0.29) is 5.56 Å². The van der Waals surface area contributed by atoms with Crippen LogP contribution in [0.4, 0.5) is 0 Å². The average molecular weight is 412 g/mol. The van der Waals surface area contributed by atoms with Crippen molar-refractivity contribution >= 4 is 38.9 Å². The van der Waals surface area contributed by atoms with E-state index >= 15 is 0 Å². The molecular weight excluding hydrogens is 396 g/mol. The highest BCUT2D eigenvalue weighted by molar-refractivity contribution is 7.18. The Kier molecular flexibility index (Phi) is 4.97. The summed E-state index contributed by atoms with van der Waals surface area (Å²) in [7, 11) is 1.49. The van der Waals surface area contributed by atoms with Crippen LogP contribution in [0.15, 0.2) is 52.0 Å². The third kappa shape index (κ3) is 3.32. The van der Waals surface area contributed by atoms with Crippen molar-refractivity contribution in [2.24, 2.45) is 0 Å². The molecule has 28 heavy (non-hydrogen) atoms. The van der Waals surface area contributed by atoms with E-state index in [2.05, 4.69) is 9.97 Å². The quantitative estimate of drug-likeness (QED) is 0.483. The van der Waals surface area contributed by atoms with Crippen LogP contribution in [0.5, 0.6) is 5.75 Å². The number of hydrogen-bond acceptors (Lipinski definition) is 7. The molecule has 8 heteroatoms. The van der Waals surface area contributed by atoms with E-state index in [1.54, 1.807) is 42.5 Å². The van der Waals surface area contributed by atoms with E-state index in [0.717, 1.165) is 10.4 Å². The number of H-pyrrole nitrogens is 1. The van der Waals surface area contributed by atoms with Gasteiger partial charge in [0.25, 0.3) is 5.56 Å². The molecule has 4 rings (SSSR count).